The third kappa shape index (κ3) is 5.55. The molecule has 1 aromatic heterocycles. The molecule has 1 saturated heterocycles. The largest absolute Gasteiger partial charge is 0.508 e. The molecule has 0 aliphatic carbocycles. The van der Waals surface area contributed by atoms with Crippen LogP contribution in [0.5, 0.6) is 5.75 Å². The molecule has 1 fully saturated rings. The van der Waals surface area contributed by atoms with Crippen molar-refractivity contribution in [3.05, 3.63) is 52.3 Å². The first-order valence-electron chi connectivity index (χ1n) is 7.60. The predicted molar refractivity (Wildman–Crippen MR) is 89.4 cm³/mol. The number of aromatic nitrogens is 2. The second-order valence-electron chi connectivity index (χ2n) is 5.43. The van der Waals surface area contributed by atoms with Crippen LogP contribution in [0.3, 0.4) is 0 Å². The highest BCUT2D eigenvalue weighted by molar-refractivity contribution is 5.88. The number of urea groups is 1. The molecule has 0 saturated carbocycles. The lowest BCUT2D eigenvalue weighted by atomic mass is 10.3. The number of phenolic OH excluding ortho intramolecular Hbond substituents is 1. The number of nitrogens with one attached hydrogen (secondary N) is 1. The van der Waals surface area contributed by atoms with Gasteiger partial charge in [0.15, 0.2) is 5.82 Å². The van der Waals surface area contributed by atoms with Gasteiger partial charge in [-0.15, -0.1) is 0 Å². The van der Waals surface area contributed by atoms with Crippen molar-refractivity contribution in [1.29, 1.82) is 0 Å². The maximum absolute atomic E-state index is 12.0. The molecule has 136 valence electrons. The summed E-state index contributed by atoms with van der Waals surface area (Å²) in [6.45, 7) is 1.58. The van der Waals surface area contributed by atoms with Crippen LogP contribution in [0.1, 0.15) is 14.3 Å². The molecule has 0 spiro atoms. The van der Waals surface area contributed by atoms with Crippen LogP contribution in [0, 0.1) is 11.6 Å². The lowest BCUT2D eigenvalue weighted by molar-refractivity contribution is 0.222. The van der Waals surface area contributed by atoms with Crippen molar-refractivity contribution in [2.45, 2.75) is 12.8 Å². The number of anilines is 1. The lowest BCUT2D eigenvalue weighted by Gasteiger charge is -2.15. The first-order chi connectivity index (χ1) is 11.8. The summed E-state index contributed by atoms with van der Waals surface area (Å²) in [7, 11) is 1.55. The first-order valence-corrected chi connectivity index (χ1v) is 7.60. The minimum Gasteiger partial charge on any atom is -0.508 e. The molecule has 2 aromatic rings. The Morgan fingerprint density at radius 3 is 2.32 bits per heavy atom. The fourth-order valence-electron chi connectivity index (χ4n) is 2.22. The van der Waals surface area contributed by atoms with Crippen molar-refractivity contribution in [3.63, 3.8) is 0 Å². The van der Waals surface area contributed by atoms with Crippen molar-refractivity contribution in [2.24, 2.45) is 7.05 Å². The average Bonchev–Trinajstić information content (AvgIpc) is 3.04. The minimum atomic E-state index is -0.771. The smallest absolute Gasteiger partial charge is 0.323 e. The highest BCUT2D eigenvalue weighted by atomic mass is 19.1. The summed E-state index contributed by atoms with van der Waals surface area (Å²) in [5.41, 5.74) is -0.195. The van der Waals surface area contributed by atoms with Crippen LogP contribution in [0.2, 0.25) is 0 Å². The van der Waals surface area contributed by atoms with Crippen molar-refractivity contribution in [3.8, 4) is 5.75 Å². The molecule has 2 N–H and O–H groups in total. The summed E-state index contributed by atoms with van der Waals surface area (Å²) in [4.78, 5) is 24.5. The van der Waals surface area contributed by atoms with Gasteiger partial charge >= 0.3 is 6.03 Å². The van der Waals surface area contributed by atoms with E-state index in [2.05, 4.69) is 10.4 Å². The fourth-order valence-corrected chi connectivity index (χ4v) is 2.22. The number of likely N-dealkylation sites (tertiary alicyclic amines) is 1. The van der Waals surface area contributed by atoms with E-state index in [1.54, 1.807) is 11.9 Å². The average molecular weight is 354 g/mol. The van der Waals surface area contributed by atoms with Gasteiger partial charge < -0.3 is 10.0 Å². The van der Waals surface area contributed by atoms with E-state index in [0.717, 1.165) is 38.1 Å². The number of carbonyl (C=O) groups is 1. The Morgan fingerprint density at radius 1 is 1.20 bits per heavy atom. The molecule has 1 aromatic carbocycles. The van der Waals surface area contributed by atoms with E-state index in [1.165, 1.54) is 16.8 Å². The van der Waals surface area contributed by atoms with Crippen LogP contribution in [0.15, 0.2) is 35.1 Å². The zero-order chi connectivity index (χ0) is 18.4. The SMILES string of the molecule is Cn1nc(NC(=O)N2CCCC2)ccc1=O.Oc1cc(F)cc(F)c1.[HH]. The van der Waals surface area contributed by atoms with E-state index in [4.69, 9.17) is 5.11 Å². The number of nitrogens with zero attached hydrogens (tertiary/aromatic N) is 3. The molecule has 3 rings (SSSR count). The third-order valence-electron chi connectivity index (χ3n) is 3.44. The second-order valence-corrected chi connectivity index (χ2v) is 5.43. The number of phenols is 1. The number of hydrogen-bond donors (Lipinski definition) is 2. The molecule has 7 nitrogen and oxygen atoms in total. The number of aryl methyl sites for hydroxylation is 1. The van der Waals surface area contributed by atoms with E-state index in [1.807, 2.05) is 0 Å². The highest BCUT2D eigenvalue weighted by Gasteiger charge is 2.18. The molecule has 25 heavy (non-hydrogen) atoms. The number of hydrogen-bond acceptors (Lipinski definition) is 4. The molecule has 9 heteroatoms. The van der Waals surface area contributed by atoms with Gasteiger partial charge in [0.1, 0.15) is 17.4 Å². The summed E-state index contributed by atoms with van der Waals surface area (Å²) >= 11 is 0. The van der Waals surface area contributed by atoms with Gasteiger partial charge in [0.25, 0.3) is 5.56 Å². The number of aromatic hydroxyl groups is 1. The number of rotatable bonds is 1. The zero-order valence-corrected chi connectivity index (χ0v) is 13.6. The summed E-state index contributed by atoms with van der Waals surface area (Å²) in [5, 5.41) is 15.1. The predicted octanol–water partition coefficient (Wildman–Crippen LogP) is 2.32. The zero-order valence-electron chi connectivity index (χ0n) is 13.6. The van der Waals surface area contributed by atoms with Crippen molar-refractivity contribution < 1.29 is 20.1 Å². The van der Waals surface area contributed by atoms with Gasteiger partial charge in [-0.05, 0) is 18.9 Å². The molecule has 0 bridgehead atoms. The monoisotopic (exact) mass is 354 g/mol. The fraction of sp³-hybridized carbons (Fsp3) is 0.312. The Morgan fingerprint density at radius 2 is 1.80 bits per heavy atom. The van der Waals surface area contributed by atoms with Crippen LogP contribution >= 0.6 is 0 Å². The molecule has 1 aliphatic rings. The molecule has 0 atom stereocenters. The third-order valence-corrected chi connectivity index (χ3v) is 3.44. The van der Waals surface area contributed by atoms with Gasteiger partial charge in [-0.1, -0.05) is 0 Å². The van der Waals surface area contributed by atoms with E-state index in [0.29, 0.717) is 11.9 Å². The van der Waals surface area contributed by atoms with Crippen LogP contribution < -0.4 is 10.9 Å². The van der Waals surface area contributed by atoms with E-state index in [9.17, 15) is 18.4 Å². The summed E-state index contributed by atoms with van der Waals surface area (Å²) < 4.78 is 25.3. The van der Waals surface area contributed by atoms with E-state index >= 15 is 0 Å². The number of halogens is 2. The van der Waals surface area contributed by atoms with E-state index < -0.39 is 17.4 Å². The quantitative estimate of drug-likeness (QED) is 0.823. The normalized spacial score (nSPS) is 13.2. The van der Waals surface area contributed by atoms with Crippen LogP contribution in [0.25, 0.3) is 0 Å². The van der Waals surface area contributed by atoms with Crippen LogP contribution in [0.4, 0.5) is 19.4 Å². The van der Waals surface area contributed by atoms with Crippen molar-refractivity contribution in [2.75, 3.05) is 18.4 Å². The summed E-state index contributed by atoms with van der Waals surface area (Å²) in [5.74, 6) is -1.54. The molecule has 2 heterocycles. The summed E-state index contributed by atoms with van der Waals surface area (Å²) in [6.07, 6.45) is 2.10. The Balaban J connectivity index is 0.000000290. The molecular formula is C16H20F2N4O3. The molecule has 1 aliphatic heterocycles. The Hall–Kier alpha value is -2.97. The van der Waals surface area contributed by atoms with Gasteiger partial charge in [-0.2, -0.15) is 5.10 Å². The number of amides is 2. The van der Waals surface area contributed by atoms with Gasteiger partial charge in [0.05, 0.1) is 0 Å². The first kappa shape index (κ1) is 18.4. The molecule has 2 amide bonds. The Kier molecular flexibility index (Phi) is 6.04. The van der Waals surface area contributed by atoms with Crippen molar-refractivity contribution in [1.82, 2.24) is 14.7 Å². The van der Waals surface area contributed by atoms with Gasteiger partial charge in [0.2, 0.25) is 0 Å². The maximum atomic E-state index is 12.0. The van der Waals surface area contributed by atoms with Gasteiger partial charge in [0, 0.05) is 45.8 Å². The summed E-state index contributed by atoms with van der Waals surface area (Å²) in [6, 6.07) is 5.11. The number of benzene rings is 1. The minimum absolute atomic E-state index is 0. The van der Waals surface area contributed by atoms with Gasteiger partial charge in [-0.3, -0.25) is 10.1 Å². The maximum Gasteiger partial charge on any atom is 0.323 e. The second kappa shape index (κ2) is 8.22. The van der Waals surface area contributed by atoms with Crippen molar-refractivity contribution >= 4 is 11.8 Å². The van der Waals surface area contributed by atoms with Crippen LogP contribution in [-0.2, 0) is 7.05 Å². The molecular weight excluding hydrogens is 334 g/mol. The molecule has 0 radical (unpaired) electrons. The van der Waals surface area contributed by atoms with E-state index in [-0.39, 0.29) is 13.0 Å². The standard InChI is InChI=1S/C10H14N4O2.C6H4F2O.H2/c1-13-9(15)5-4-8(12-13)11-10(16)14-6-2-3-7-14;7-4-1-5(8)3-6(9)2-4;/h4-5H,2-3,6-7H2,1H3,(H,11,12,16);1-3,9H;1H. The lowest BCUT2D eigenvalue weighted by Crippen LogP contribution is -2.33. The van der Waals surface area contributed by atoms with Gasteiger partial charge in [-0.25, -0.2) is 18.3 Å². The topological polar surface area (TPSA) is 87.5 Å². The number of carbonyl (C=O) groups excluding carboxylic acids is 1. The Labute approximate surface area is 144 Å². The Bertz CT molecular complexity index is 760. The molecule has 0 unspecified atom stereocenters. The van der Waals surface area contributed by atoms with Crippen LogP contribution in [-0.4, -0.2) is 38.9 Å². The highest BCUT2D eigenvalue weighted by Crippen LogP contribution is 2.12.